The van der Waals surface area contributed by atoms with E-state index in [1.54, 1.807) is 0 Å². The lowest BCUT2D eigenvalue weighted by atomic mass is 10.3. The fraction of sp³-hybridized carbons (Fsp3) is 0.727. The van der Waals surface area contributed by atoms with E-state index in [4.69, 9.17) is 0 Å². The first-order chi connectivity index (χ1) is 6.75. The lowest BCUT2D eigenvalue weighted by molar-refractivity contribution is 0.750. The highest BCUT2D eigenvalue weighted by Crippen LogP contribution is 2.40. The van der Waals surface area contributed by atoms with E-state index in [1.165, 1.54) is 29.3 Å². The first kappa shape index (κ1) is 10.5. The van der Waals surface area contributed by atoms with Crippen LogP contribution in [0.25, 0.3) is 0 Å². The van der Waals surface area contributed by atoms with Crippen molar-refractivity contribution >= 4 is 23.1 Å². The summed E-state index contributed by atoms with van der Waals surface area (Å²) in [4.78, 5) is 4.67. The van der Waals surface area contributed by atoms with Crippen molar-refractivity contribution in [2.45, 2.75) is 38.4 Å². The monoisotopic (exact) mass is 227 g/mol. The molecule has 0 spiro atoms. The molecule has 2 rings (SSSR count). The van der Waals surface area contributed by atoms with Gasteiger partial charge in [-0.3, -0.25) is 0 Å². The zero-order valence-corrected chi connectivity index (χ0v) is 10.5. The lowest BCUT2D eigenvalue weighted by Crippen LogP contribution is -1.91. The van der Waals surface area contributed by atoms with E-state index in [-0.39, 0.29) is 0 Å². The van der Waals surface area contributed by atoms with Crippen LogP contribution < -0.4 is 0 Å². The topological polar surface area (TPSA) is 12.9 Å². The number of thioether (sulfide) groups is 1. The van der Waals surface area contributed by atoms with Gasteiger partial charge in [-0.05, 0) is 24.5 Å². The number of thiazole rings is 1. The van der Waals surface area contributed by atoms with Crippen molar-refractivity contribution in [3.05, 3.63) is 16.1 Å². The average molecular weight is 227 g/mol. The standard InChI is InChI=1S/C11H17NS2/c1-8(2)5-13-7-11-12-10(6-14-11)9-3-4-9/h6,8-9H,3-5,7H2,1-2H3. The van der Waals surface area contributed by atoms with Crippen molar-refractivity contribution in [1.29, 1.82) is 0 Å². The smallest absolute Gasteiger partial charge is 0.103 e. The summed E-state index contributed by atoms with van der Waals surface area (Å²) in [6, 6.07) is 0. The van der Waals surface area contributed by atoms with Crippen molar-refractivity contribution in [3.8, 4) is 0 Å². The number of hydrogen-bond acceptors (Lipinski definition) is 3. The van der Waals surface area contributed by atoms with Crippen LogP contribution in [-0.4, -0.2) is 10.7 Å². The van der Waals surface area contributed by atoms with Gasteiger partial charge in [-0.1, -0.05) is 13.8 Å². The molecule has 0 atom stereocenters. The van der Waals surface area contributed by atoms with Crippen molar-refractivity contribution in [3.63, 3.8) is 0 Å². The molecule has 1 heterocycles. The van der Waals surface area contributed by atoms with Gasteiger partial charge >= 0.3 is 0 Å². The third-order valence-corrected chi connectivity index (χ3v) is 4.67. The molecule has 0 aromatic carbocycles. The minimum Gasteiger partial charge on any atom is -0.245 e. The molecule has 0 bridgehead atoms. The molecule has 0 radical (unpaired) electrons. The molecule has 78 valence electrons. The van der Waals surface area contributed by atoms with Gasteiger partial charge in [0.2, 0.25) is 0 Å². The maximum Gasteiger partial charge on any atom is 0.103 e. The molecular weight excluding hydrogens is 210 g/mol. The maximum absolute atomic E-state index is 4.67. The van der Waals surface area contributed by atoms with Gasteiger partial charge in [0.25, 0.3) is 0 Å². The summed E-state index contributed by atoms with van der Waals surface area (Å²) in [7, 11) is 0. The third-order valence-electron chi connectivity index (χ3n) is 2.24. The summed E-state index contributed by atoms with van der Waals surface area (Å²) in [5, 5.41) is 3.57. The molecule has 0 aliphatic heterocycles. The fourth-order valence-electron chi connectivity index (χ4n) is 1.34. The zero-order valence-electron chi connectivity index (χ0n) is 8.82. The predicted molar refractivity (Wildman–Crippen MR) is 65.1 cm³/mol. The second-order valence-electron chi connectivity index (χ2n) is 4.35. The fourth-order valence-corrected chi connectivity index (χ4v) is 3.35. The van der Waals surface area contributed by atoms with Crippen LogP contribution in [0, 0.1) is 5.92 Å². The van der Waals surface area contributed by atoms with Gasteiger partial charge in [0, 0.05) is 17.1 Å². The van der Waals surface area contributed by atoms with E-state index in [1.807, 2.05) is 23.1 Å². The lowest BCUT2D eigenvalue weighted by Gasteiger charge is -2.01. The number of rotatable bonds is 5. The van der Waals surface area contributed by atoms with Crippen LogP contribution in [0.2, 0.25) is 0 Å². The van der Waals surface area contributed by atoms with Gasteiger partial charge in [0.1, 0.15) is 5.01 Å². The van der Waals surface area contributed by atoms with Gasteiger partial charge in [0.05, 0.1) is 5.69 Å². The Bertz CT molecular complexity index is 289. The summed E-state index contributed by atoms with van der Waals surface area (Å²) in [6.45, 7) is 4.54. The average Bonchev–Trinajstić information content (AvgIpc) is 2.87. The first-order valence-corrected chi connectivity index (χ1v) is 7.31. The van der Waals surface area contributed by atoms with Crippen LogP contribution in [0.3, 0.4) is 0 Å². The Morgan fingerprint density at radius 1 is 1.57 bits per heavy atom. The predicted octanol–water partition coefficient (Wildman–Crippen LogP) is 3.91. The molecular formula is C11H17NS2. The van der Waals surface area contributed by atoms with Crippen LogP contribution in [0.5, 0.6) is 0 Å². The molecule has 0 N–H and O–H groups in total. The summed E-state index contributed by atoms with van der Waals surface area (Å²) < 4.78 is 0. The Morgan fingerprint density at radius 3 is 3.00 bits per heavy atom. The Kier molecular flexibility index (Phi) is 3.50. The highest BCUT2D eigenvalue weighted by atomic mass is 32.2. The van der Waals surface area contributed by atoms with Crippen molar-refractivity contribution in [1.82, 2.24) is 4.98 Å². The largest absolute Gasteiger partial charge is 0.245 e. The van der Waals surface area contributed by atoms with Crippen LogP contribution in [0.4, 0.5) is 0 Å². The summed E-state index contributed by atoms with van der Waals surface area (Å²) in [5.41, 5.74) is 1.36. The van der Waals surface area contributed by atoms with Gasteiger partial charge in [-0.2, -0.15) is 11.8 Å². The molecule has 1 saturated carbocycles. The van der Waals surface area contributed by atoms with E-state index in [0.29, 0.717) is 0 Å². The minimum atomic E-state index is 0.794. The summed E-state index contributed by atoms with van der Waals surface area (Å²) in [6.07, 6.45) is 2.73. The molecule has 3 heteroatoms. The number of hydrogen-bond donors (Lipinski definition) is 0. The quantitative estimate of drug-likeness (QED) is 0.756. The molecule has 1 aromatic heterocycles. The molecule has 0 saturated heterocycles. The second-order valence-corrected chi connectivity index (χ2v) is 6.32. The minimum absolute atomic E-state index is 0.794. The maximum atomic E-state index is 4.67. The SMILES string of the molecule is CC(C)CSCc1nc(C2CC2)cs1. The highest BCUT2D eigenvalue weighted by Gasteiger charge is 2.25. The second kappa shape index (κ2) is 4.67. The molecule has 0 unspecified atom stereocenters. The van der Waals surface area contributed by atoms with E-state index < -0.39 is 0 Å². The van der Waals surface area contributed by atoms with Gasteiger partial charge in [-0.25, -0.2) is 4.98 Å². The first-order valence-electron chi connectivity index (χ1n) is 5.27. The van der Waals surface area contributed by atoms with Crippen molar-refractivity contribution in [2.24, 2.45) is 5.92 Å². The third kappa shape index (κ3) is 2.99. The van der Waals surface area contributed by atoms with E-state index in [9.17, 15) is 0 Å². The number of nitrogens with zero attached hydrogens (tertiary/aromatic N) is 1. The zero-order chi connectivity index (χ0) is 9.97. The normalized spacial score (nSPS) is 16.5. The Hall–Kier alpha value is -0.0200. The van der Waals surface area contributed by atoms with Gasteiger partial charge in [0.15, 0.2) is 0 Å². The van der Waals surface area contributed by atoms with E-state index in [2.05, 4.69) is 24.2 Å². The molecule has 1 fully saturated rings. The molecule has 14 heavy (non-hydrogen) atoms. The van der Waals surface area contributed by atoms with E-state index >= 15 is 0 Å². The molecule has 1 nitrogen and oxygen atoms in total. The van der Waals surface area contributed by atoms with Crippen LogP contribution in [-0.2, 0) is 5.75 Å². The Labute approximate surface area is 94.3 Å². The van der Waals surface area contributed by atoms with E-state index in [0.717, 1.165) is 17.6 Å². The van der Waals surface area contributed by atoms with Crippen LogP contribution in [0.15, 0.2) is 5.38 Å². The molecule has 0 amide bonds. The van der Waals surface area contributed by atoms with Crippen LogP contribution >= 0.6 is 23.1 Å². The summed E-state index contributed by atoms with van der Waals surface area (Å²) >= 11 is 3.85. The molecule has 1 aliphatic rings. The summed E-state index contributed by atoms with van der Waals surface area (Å²) in [5.74, 6) is 3.96. The Balaban J connectivity index is 1.78. The van der Waals surface area contributed by atoms with Gasteiger partial charge < -0.3 is 0 Å². The van der Waals surface area contributed by atoms with Crippen LogP contribution in [0.1, 0.15) is 43.3 Å². The Morgan fingerprint density at radius 2 is 2.36 bits per heavy atom. The van der Waals surface area contributed by atoms with Crippen molar-refractivity contribution in [2.75, 3.05) is 5.75 Å². The van der Waals surface area contributed by atoms with Gasteiger partial charge in [-0.15, -0.1) is 11.3 Å². The molecule has 1 aliphatic carbocycles. The highest BCUT2D eigenvalue weighted by molar-refractivity contribution is 7.98. The van der Waals surface area contributed by atoms with Crippen molar-refractivity contribution < 1.29 is 0 Å². The molecule has 1 aromatic rings. The number of aromatic nitrogens is 1.